The first kappa shape index (κ1) is 14.8. The van der Waals surface area contributed by atoms with Gasteiger partial charge in [-0.15, -0.1) is 11.8 Å². The maximum atomic E-state index is 12.9. The molecule has 0 aromatic rings. The first-order chi connectivity index (χ1) is 10.7. The Morgan fingerprint density at radius 2 is 1.95 bits per heavy atom. The number of rotatable bonds is 2. The van der Waals surface area contributed by atoms with Gasteiger partial charge in [-0.2, -0.15) is 0 Å². The molecule has 4 rings (SSSR count). The zero-order valence-electron chi connectivity index (χ0n) is 13.0. The van der Waals surface area contributed by atoms with Crippen molar-refractivity contribution < 1.29 is 14.3 Å². The number of ether oxygens (including phenoxy) is 1. The van der Waals surface area contributed by atoms with E-state index in [1.54, 1.807) is 11.8 Å². The van der Waals surface area contributed by atoms with Gasteiger partial charge in [-0.3, -0.25) is 9.59 Å². The molecule has 5 nitrogen and oxygen atoms in total. The molecule has 0 bridgehead atoms. The molecule has 2 saturated heterocycles. The summed E-state index contributed by atoms with van der Waals surface area (Å²) in [5.74, 6) is 1.97. The van der Waals surface area contributed by atoms with Gasteiger partial charge in [-0.25, -0.2) is 0 Å². The third-order valence-corrected chi connectivity index (χ3v) is 6.74. The molecule has 6 heteroatoms. The van der Waals surface area contributed by atoms with Gasteiger partial charge in [0.25, 0.3) is 0 Å². The van der Waals surface area contributed by atoms with E-state index in [2.05, 4.69) is 0 Å². The average molecular weight is 324 g/mol. The molecule has 122 valence electrons. The van der Waals surface area contributed by atoms with Crippen molar-refractivity contribution in [3.05, 3.63) is 0 Å². The second kappa shape index (κ2) is 5.71. The summed E-state index contributed by atoms with van der Waals surface area (Å²) < 4.78 is 5.90. The molecule has 1 spiro atoms. The lowest BCUT2D eigenvalue weighted by Gasteiger charge is -2.49. The number of nitrogens with zero attached hydrogens (tertiary/aromatic N) is 2. The summed E-state index contributed by atoms with van der Waals surface area (Å²) >= 11 is 1.71. The maximum Gasteiger partial charge on any atom is 0.246 e. The number of morpholine rings is 1. The molecule has 1 unspecified atom stereocenters. The lowest BCUT2D eigenvalue weighted by Crippen LogP contribution is -2.60. The molecule has 1 atom stereocenters. The first-order valence-electron chi connectivity index (χ1n) is 8.50. The standard InChI is InChI=1S/C16H24N2O3S/c19-14(12-3-1-4-12)18-11-22-9-13(18)15(20)17-7-8-21-16(10-17)5-2-6-16/h12-13H,1-11H2. The lowest BCUT2D eigenvalue weighted by atomic mass is 9.78. The highest BCUT2D eigenvalue weighted by Crippen LogP contribution is 2.39. The van der Waals surface area contributed by atoms with Gasteiger partial charge in [0.15, 0.2) is 0 Å². The quantitative estimate of drug-likeness (QED) is 0.772. The van der Waals surface area contributed by atoms with Crippen molar-refractivity contribution in [3.63, 3.8) is 0 Å². The van der Waals surface area contributed by atoms with Gasteiger partial charge in [-0.1, -0.05) is 6.42 Å². The largest absolute Gasteiger partial charge is 0.371 e. The zero-order valence-corrected chi connectivity index (χ0v) is 13.8. The second-order valence-corrected chi connectivity index (χ2v) is 8.10. The van der Waals surface area contributed by atoms with Crippen molar-refractivity contribution in [2.24, 2.45) is 5.92 Å². The van der Waals surface area contributed by atoms with Gasteiger partial charge in [0.05, 0.1) is 18.1 Å². The fourth-order valence-electron chi connectivity index (χ4n) is 3.87. The minimum atomic E-state index is -0.242. The minimum Gasteiger partial charge on any atom is -0.371 e. The van der Waals surface area contributed by atoms with Crippen LogP contribution in [-0.4, -0.2) is 64.6 Å². The van der Waals surface area contributed by atoms with E-state index in [-0.39, 0.29) is 29.4 Å². The van der Waals surface area contributed by atoms with Crippen LogP contribution in [0, 0.1) is 5.92 Å². The molecule has 2 amide bonds. The van der Waals surface area contributed by atoms with Crippen LogP contribution in [0.5, 0.6) is 0 Å². The van der Waals surface area contributed by atoms with E-state index in [4.69, 9.17) is 4.74 Å². The summed E-state index contributed by atoms with van der Waals surface area (Å²) in [6.45, 7) is 2.04. The monoisotopic (exact) mass is 324 g/mol. The molecule has 4 fully saturated rings. The van der Waals surface area contributed by atoms with Crippen LogP contribution in [0.15, 0.2) is 0 Å². The summed E-state index contributed by atoms with van der Waals surface area (Å²) in [5, 5.41) is 0. The van der Waals surface area contributed by atoms with E-state index in [1.165, 1.54) is 6.42 Å². The number of hydrogen-bond acceptors (Lipinski definition) is 4. The molecule has 2 heterocycles. The molecule has 0 aromatic carbocycles. The van der Waals surface area contributed by atoms with Gasteiger partial charge in [0, 0.05) is 24.8 Å². The summed E-state index contributed by atoms with van der Waals surface area (Å²) in [7, 11) is 0. The minimum absolute atomic E-state index is 0.0670. The summed E-state index contributed by atoms with van der Waals surface area (Å²) in [6.07, 6.45) is 6.50. The average Bonchev–Trinajstić information content (AvgIpc) is 2.92. The topological polar surface area (TPSA) is 49.9 Å². The maximum absolute atomic E-state index is 12.9. The predicted molar refractivity (Wildman–Crippen MR) is 84.4 cm³/mol. The highest BCUT2D eigenvalue weighted by molar-refractivity contribution is 7.99. The van der Waals surface area contributed by atoms with E-state index >= 15 is 0 Å². The van der Waals surface area contributed by atoms with Crippen LogP contribution < -0.4 is 0 Å². The SMILES string of the molecule is O=C(C1CSCN1C(=O)C1CCC1)N1CCOC2(CCC2)C1. The van der Waals surface area contributed by atoms with Crippen molar-refractivity contribution in [2.75, 3.05) is 31.3 Å². The number of thioether (sulfide) groups is 1. The van der Waals surface area contributed by atoms with Gasteiger partial charge in [0.2, 0.25) is 11.8 Å². The van der Waals surface area contributed by atoms with Crippen LogP contribution >= 0.6 is 11.8 Å². The number of carbonyl (C=O) groups is 2. The Hall–Kier alpha value is -0.750. The summed E-state index contributed by atoms with van der Waals surface area (Å²) in [6, 6.07) is -0.242. The van der Waals surface area contributed by atoms with Crippen molar-refractivity contribution in [1.82, 2.24) is 9.80 Å². The van der Waals surface area contributed by atoms with E-state index in [1.807, 2.05) is 9.80 Å². The first-order valence-corrected chi connectivity index (χ1v) is 9.65. The Balaban J connectivity index is 1.43. The van der Waals surface area contributed by atoms with Crippen LogP contribution in [-0.2, 0) is 14.3 Å². The third kappa shape index (κ3) is 2.44. The molecule has 0 radical (unpaired) electrons. The van der Waals surface area contributed by atoms with Crippen LogP contribution in [0.25, 0.3) is 0 Å². The Bertz CT molecular complexity index is 476. The lowest BCUT2D eigenvalue weighted by molar-refractivity contribution is -0.171. The van der Waals surface area contributed by atoms with E-state index in [0.717, 1.165) is 44.4 Å². The molecular weight excluding hydrogens is 300 g/mol. The van der Waals surface area contributed by atoms with Crippen molar-refractivity contribution in [3.8, 4) is 0 Å². The Labute approximate surface area is 135 Å². The number of hydrogen-bond donors (Lipinski definition) is 0. The fraction of sp³-hybridized carbons (Fsp3) is 0.875. The molecule has 2 aliphatic heterocycles. The molecular formula is C16H24N2O3S. The van der Waals surface area contributed by atoms with Gasteiger partial charge < -0.3 is 14.5 Å². The second-order valence-electron chi connectivity index (χ2n) is 7.10. The molecule has 0 aromatic heterocycles. The molecule has 4 aliphatic rings. The molecule has 2 saturated carbocycles. The molecule has 22 heavy (non-hydrogen) atoms. The molecule has 0 N–H and O–H groups in total. The third-order valence-electron chi connectivity index (χ3n) is 5.73. The summed E-state index contributed by atoms with van der Waals surface area (Å²) in [5.41, 5.74) is -0.0670. The van der Waals surface area contributed by atoms with E-state index in [9.17, 15) is 9.59 Å². The smallest absolute Gasteiger partial charge is 0.246 e. The Morgan fingerprint density at radius 3 is 2.59 bits per heavy atom. The zero-order chi connectivity index (χ0) is 15.2. The van der Waals surface area contributed by atoms with Crippen molar-refractivity contribution >= 4 is 23.6 Å². The van der Waals surface area contributed by atoms with Gasteiger partial charge in [-0.05, 0) is 32.1 Å². The Morgan fingerprint density at radius 1 is 1.14 bits per heavy atom. The van der Waals surface area contributed by atoms with E-state index < -0.39 is 0 Å². The fourth-order valence-corrected chi connectivity index (χ4v) is 5.03. The number of amides is 2. The summed E-state index contributed by atoms with van der Waals surface area (Å²) in [4.78, 5) is 29.3. The van der Waals surface area contributed by atoms with Crippen molar-refractivity contribution in [1.29, 1.82) is 0 Å². The highest BCUT2D eigenvalue weighted by Gasteiger charge is 2.46. The predicted octanol–water partition coefficient (Wildman–Crippen LogP) is 1.47. The Kier molecular flexibility index (Phi) is 3.85. The number of carbonyl (C=O) groups excluding carboxylic acids is 2. The molecule has 2 aliphatic carbocycles. The van der Waals surface area contributed by atoms with Crippen LogP contribution in [0.1, 0.15) is 38.5 Å². The van der Waals surface area contributed by atoms with Crippen LogP contribution in [0.2, 0.25) is 0 Å². The van der Waals surface area contributed by atoms with E-state index in [0.29, 0.717) is 19.0 Å². The van der Waals surface area contributed by atoms with Crippen molar-refractivity contribution in [2.45, 2.75) is 50.2 Å². The van der Waals surface area contributed by atoms with Gasteiger partial charge in [0.1, 0.15) is 6.04 Å². The van der Waals surface area contributed by atoms with Crippen LogP contribution in [0.3, 0.4) is 0 Å². The highest BCUT2D eigenvalue weighted by atomic mass is 32.2. The normalized spacial score (nSPS) is 31.0. The van der Waals surface area contributed by atoms with Gasteiger partial charge >= 0.3 is 0 Å². The van der Waals surface area contributed by atoms with Crippen LogP contribution in [0.4, 0.5) is 0 Å².